The summed E-state index contributed by atoms with van der Waals surface area (Å²) >= 11 is 0. The molecule has 0 aliphatic rings. The molecule has 12 heavy (non-hydrogen) atoms. The van der Waals surface area contributed by atoms with Crippen molar-refractivity contribution in [3.05, 3.63) is 0 Å². The molecule has 0 rings (SSSR count). The van der Waals surface area contributed by atoms with Gasteiger partial charge >= 0.3 is 5.97 Å². The quantitative estimate of drug-likeness (QED) is 0.604. The maximum absolute atomic E-state index is 11.1. The van der Waals surface area contributed by atoms with Crippen molar-refractivity contribution >= 4 is 5.97 Å². The van der Waals surface area contributed by atoms with Crippen molar-refractivity contribution in [1.82, 2.24) is 0 Å². The molecule has 0 aromatic carbocycles. The van der Waals surface area contributed by atoms with Gasteiger partial charge in [0.2, 0.25) is 0 Å². The molecule has 0 N–H and O–H groups in total. The summed E-state index contributed by atoms with van der Waals surface area (Å²) in [6, 6.07) is 1.99. The first-order valence-electron chi connectivity index (χ1n) is 4.10. The summed E-state index contributed by atoms with van der Waals surface area (Å²) in [5.74, 6) is -0.432. The first-order chi connectivity index (χ1) is 5.60. The van der Waals surface area contributed by atoms with Crippen molar-refractivity contribution in [2.45, 2.75) is 33.1 Å². The fourth-order valence-corrected chi connectivity index (χ4v) is 0.959. The van der Waals surface area contributed by atoms with Gasteiger partial charge in [0.05, 0.1) is 13.2 Å². The van der Waals surface area contributed by atoms with Gasteiger partial charge < -0.3 is 4.74 Å². The summed E-state index contributed by atoms with van der Waals surface area (Å²) < 4.78 is 4.54. The van der Waals surface area contributed by atoms with Crippen LogP contribution in [0, 0.1) is 16.7 Å². The molecular formula is C9H15NO2. The summed E-state index contributed by atoms with van der Waals surface area (Å²) in [6.45, 7) is 3.64. The maximum Gasteiger partial charge on any atom is 0.325 e. The van der Waals surface area contributed by atoms with E-state index in [4.69, 9.17) is 5.26 Å². The predicted octanol–water partition coefficient (Wildman–Crippen LogP) is 1.88. The van der Waals surface area contributed by atoms with Crippen LogP contribution in [0.1, 0.15) is 33.1 Å². The van der Waals surface area contributed by atoms with E-state index >= 15 is 0 Å². The van der Waals surface area contributed by atoms with Crippen molar-refractivity contribution in [1.29, 1.82) is 5.26 Å². The van der Waals surface area contributed by atoms with Crippen LogP contribution < -0.4 is 0 Å². The highest BCUT2D eigenvalue weighted by molar-refractivity contribution is 5.79. The van der Waals surface area contributed by atoms with Crippen LogP contribution in [0.2, 0.25) is 0 Å². The second kappa shape index (κ2) is 4.76. The molecule has 3 heteroatoms. The average molecular weight is 169 g/mol. The monoisotopic (exact) mass is 169 g/mol. The number of methoxy groups -OCH3 is 1. The smallest absolute Gasteiger partial charge is 0.325 e. The summed E-state index contributed by atoms with van der Waals surface area (Å²) in [4.78, 5) is 11.1. The number of carbonyl (C=O) groups excluding carboxylic acids is 1. The molecule has 0 saturated carbocycles. The van der Waals surface area contributed by atoms with E-state index in [1.54, 1.807) is 6.92 Å². The predicted molar refractivity (Wildman–Crippen MR) is 45.3 cm³/mol. The molecule has 0 aliphatic carbocycles. The fraction of sp³-hybridized carbons (Fsp3) is 0.778. The van der Waals surface area contributed by atoms with Gasteiger partial charge in [-0.3, -0.25) is 4.79 Å². The Morgan fingerprint density at radius 1 is 1.67 bits per heavy atom. The van der Waals surface area contributed by atoms with Crippen molar-refractivity contribution in [2.24, 2.45) is 5.41 Å². The highest BCUT2D eigenvalue weighted by Gasteiger charge is 2.33. The zero-order valence-corrected chi connectivity index (χ0v) is 7.89. The number of esters is 1. The van der Waals surface area contributed by atoms with E-state index in [9.17, 15) is 4.79 Å². The molecule has 0 fully saturated rings. The van der Waals surface area contributed by atoms with Crippen molar-refractivity contribution < 1.29 is 9.53 Å². The van der Waals surface area contributed by atoms with Crippen LogP contribution >= 0.6 is 0 Å². The van der Waals surface area contributed by atoms with Crippen LogP contribution in [-0.4, -0.2) is 13.1 Å². The third-order valence-electron chi connectivity index (χ3n) is 1.91. The Labute approximate surface area is 73.3 Å². The molecule has 0 radical (unpaired) electrons. The van der Waals surface area contributed by atoms with E-state index < -0.39 is 11.4 Å². The maximum atomic E-state index is 11.1. The number of rotatable bonds is 4. The fourth-order valence-electron chi connectivity index (χ4n) is 0.959. The third kappa shape index (κ3) is 2.54. The van der Waals surface area contributed by atoms with Gasteiger partial charge in [0.1, 0.15) is 0 Å². The molecule has 1 atom stereocenters. The molecule has 0 bridgehead atoms. The van der Waals surface area contributed by atoms with Gasteiger partial charge in [-0.15, -0.1) is 0 Å². The molecular weight excluding hydrogens is 154 g/mol. The highest BCUT2D eigenvalue weighted by atomic mass is 16.5. The van der Waals surface area contributed by atoms with Gasteiger partial charge in [0.25, 0.3) is 0 Å². The molecule has 0 aromatic heterocycles. The van der Waals surface area contributed by atoms with Crippen LogP contribution in [0.4, 0.5) is 0 Å². The summed E-state index contributed by atoms with van der Waals surface area (Å²) in [7, 11) is 1.31. The number of carbonyl (C=O) groups is 1. The SMILES string of the molecule is CCCCC(C)(C#N)C(=O)OC. The van der Waals surface area contributed by atoms with Gasteiger partial charge in [0.15, 0.2) is 5.41 Å². The molecule has 0 aliphatic heterocycles. The number of hydrogen-bond donors (Lipinski definition) is 0. The standard InChI is InChI=1S/C9H15NO2/c1-4-5-6-9(2,7-10)8(11)12-3/h4-6H2,1-3H3. The number of hydrogen-bond acceptors (Lipinski definition) is 3. The molecule has 3 nitrogen and oxygen atoms in total. The minimum absolute atomic E-state index is 0.432. The van der Waals surface area contributed by atoms with Gasteiger partial charge in [-0.1, -0.05) is 19.8 Å². The summed E-state index contributed by atoms with van der Waals surface area (Å²) in [5.41, 5.74) is -0.954. The molecule has 0 aromatic rings. The highest BCUT2D eigenvalue weighted by Crippen LogP contribution is 2.24. The van der Waals surface area contributed by atoms with Crippen molar-refractivity contribution in [3.63, 3.8) is 0 Å². The second-order valence-corrected chi connectivity index (χ2v) is 3.04. The lowest BCUT2D eigenvalue weighted by molar-refractivity contribution is -0.148. The minimum atomic E-state index is -0.954. The van der Waals surface area contributed by atoms with Crippen molar-refractivity contribution in [2.75, 3.05) is 7.11 Å². The Hall–Kier alpha value is -1.04. The molecule has 68 valence electrons. The number of unbranched alkanes of at least 4 members (excludes halogenated alkanes) is 1. The van der Waals surface area contributed by atoms with Crippen LogP contribution in [-0.2, 0) is 9.53 Å². The molecule has 0 heterocycles. The lowest BCUT2D eigenvalue weighted by Crippen LogP contribution is -2.27. The second-order valence-electron chi connectivity index (χ2n) is 3.04. The number of nitrogens with zero attached hydrogens (tertiary/aromatic N) is 1. The summed E-state index contributed by atoms with van der Waals surface area (Å²) in [6.07, 6.45) is 2.43. The van der Waals surface area contributed by atoms with E-state index in [1.165, 1.54) is 7.11 Å². The Balaban J connectivity index is 4.26. The van der Waals surface area contributed by atoms with Crippen LogP contribution in [0.3, 0.4) is 0 Å². The van der Waals surface area contributed by atoms with Crippen LogP contribution in [0.5, 0.6) is 0 Å². The zero-order chi connectivity index (χ0) is 9.61. The lowest BCUT2D eigenvalue weighted by Gasteiger charge is -2.17. The summed E-state index contributed by atoms with van der Waals surface area (Å²) in [5, 5.41) is 8.76. The number of ether oxygens (including phenoxy) is 1. The largest absolute Gasteiger partial charge is 0.468 e. The number of nitriles is 1. The normalized spacial score (nSPS) is 14.5. The van der Waals surface area contributed by atoms with E-state index in [2.05, 4.69) is 4.74 Å². The van der Waals surface area contributed by atoms with E-state index in [-0.39, 0.29) is 0 Å². The first-order valence-corrected chi connectivity index (χ1v) is 4.10. The Morgan fingerprint density at radius 2 is 2.25 bits per heavy atom. The topological polar surface area (TPSA) is 50.1 Å². The van der Waals surface area contributed by atoms with Crippen LogP contribution in [0.15, 0.2) is 0 Å². The molecule has 1 unspecified atom stereocenters. The van der Waals surface area contributed by atoms with Gasteiger partial charge in [-0.2, -0.15) is 5.26 Å². The Bertz CT molecular complexity index is 195. The lowest BCUT2D eigenvalue weighted by atomic mass is 9.87. The zero-order valence-electron chi connectivity index (χ0n) is 7.89. The Morgan fingerprint density at radius 3 is 2.58 bits per heavy atom. The van der Waals surface area contributed by atoms with Gasteiger partial charge in [-0.25, -0.2) is 0 Å². The third-order valence-corrected chi connectivity index (χ3v) is 1.91. The van der Waals surface area contributed by atoms with Gasteiger partial charge in [0, 0.05) is 0 Å². The van der Waals surface area contributed by atoms with E-state index in [0.29, 0.717) is 6.42 Å². The van der Waals surface area contributed by atoms with Crippen molar-refractivity contribution in [3.8, 4) is 6.07 Å². The molecule has 0 saturated heterocycles. The average Bonchev–Trinajstić information content (AvgIpc) is 2.12. The van der Waals surface area contributed by atoms with E-state index in [1.807, 2.05) is 13.0 Å². The van der Waals surface area contributed by atoms with E-state index in [0.717, 1.165) is 12.8 Å². The molecule has 0 amide bonds. The first kappa shape index (κ1) is 11.0. The van der Waals surface area contributed by atoms with Gasteiger partial charge in [-0.05, 0) is 13.3 Å². The minimum Gasteiger partial charge on any atom is -0.468 e. The molecule has 0 spiro atoms. The Kier molecular flexibility index (Phi) is 4.35. The van der Waals surface area contributed by atoms with Crippen LogP contribution in [0.25, 0.3) is 0 Å².